The van der Waals surface area contributed by atoms with Crippen molar-refractivity contribution in [2.45, 2.75) is 6.04 Å². The van der Waals surface area contributed by atoms with Gasteiger partial charge in [0.15, 0.2) is 0 Å². The number of piperazine rings is 1. The summed E-state index contributed by atoms with van der Waals surface area (Å²) in [4.78, 5) is 13.2. The maximum Gasteiger partial charge on any atom is 0.223 e. The Bertz CT molecular complexity index is 442. The molecule has 0 atom stereocenters. The molecule has 3 rings (SSSR count). The lowest BCUT2D eigenvalue weighted by molar-refractivity contribution is -0.0660. The average molecular weight is 264 g/mol. The van der Waals surface area contributed by atoms with Crippen LogP contribution in [0.1, 0.15) is 0 Å². The molecule has 0 spiro atoms. The van der Waals surface area contributed by atoms with Gasteiger partial charge in [-0.25, -0.2) is 0 Å². The third kappa shape index (κ3) is 2.57. The first-order chi connectivity index (χ1) is 9.26. The molecule has 7 heteroatoms. The average Bonchev–Trinajstić information content (AvgIpc) is 2.37. The third-order valence-electron chi connectivity index (χ3n) is 3.76. The second kappa shape index (κ2) is 5.18. The fraction of sp³-hybridized carbons (Fsp3) is 0.667. The second-order valence-corrected chi connectivity index (χ2v) is 4.93. The van der Waals surface area contributed by atoms with E-state index in [0.717, 1.165) is 51.0 Å². The van der Waals surface area contributed by atoms with Crippen molar-refractivity contribution < 1.29 is 4.74 Å². The summed E-state index contributed by atoms with van der Waals surface area (Å²) in [7, 11) is 1.83. The van der Waals surface area contributed by atoms with Crippen molar-refractivity contribution in [1.82, 2.24) is 14.9 Å². The van der Waals surface area contributed by atoms with Gasteiger partial charge in [0.1, 0.15) is 11.6 Å². The molecule has 104 valence electrons. The number of nitrogens with one attached hydrogen (secondary N) is 1. The molecule has 2 aliphatic heterocycles. The van der Waals surface area contributed by atoms with E-state index >= 15 is 0 Å². The summed E-state index contributed by atoms with van der Waals surface area (Å²) in [5.41, 5.74) is 5.73. The Morgan fingerprint density at radius 2 is 2.00 bits per heavy atom. The van der Waals surface area contributed by atoms with Crippen LogP contribution in [0.15, 0.2) is 6.07 Å². The standard InChI is InChI=1S/C12H20N6O/c1-14-10-6-11(16-12(13)15-10)18-4-2-17(3-5-18)9-7-19-8-9/h6,9H,2-5,7-8H2,1H3,(H3,13,14,15,16). The maximum absolute atomic E-state index is 5.73. The molecule has 3 heterocycles. The molecule has 19 heavy (non-hydrogen) atoms. The lowest BCUT2D eigenvalue weighted by Gasteiger charge is -2.42. The number of rotatable bonds is 3. The van der Waals surface area contributed by atoms with E-state index in [-0.39, 0.29) is 0 Å². The number of nitrogens with zero attached hydrogens (tertiary/aromatic N) is 4. The minimum Gasteiger partial charge on any atom is -0.378 e. The molecule has 1 aromatic rings. The molecule has 1 aromatic heterocycles. The molecule has 0 bridgehead atoms. The molecule has 0 radical (unpaired) electrons. The minimum absolute atomic E-state index is 0.316. The summed E-state index contributed by atoms with van der Waals surface area (Å²) in [6.45, 7) is 5.79. The Labute approximate surface area is 112 Å². The topological polar surface area (TPSA) is 79.5 Å². The van der Waals surface area contributed by atoms with Gasteiger partial charge >= 0.3 is 0 Å². The van der Waals surface area contributed by atoms with Crippen LogP contribution in [0, 0.1) is 0 Å². The normalized spacial score (nSPS) is 21.2. The van der Waals surface area contributed by atoms with Crippen LogP contribution in [0.4, 0.5) is 17.6 Å². The van der Waals surface area contributed by atoms with Gasteiger partial charge in [-0.1, -0.05) is 0 Å². The predicted octanol–water partition coefficient (Wildman–Crippen LogP) is -0.379. The minimum atomic E-state index is 0.316. The number of hydrogen-bond donors (Lipinski definition) is 2. The van der Waals surface area contributed by atoms with Gasteiger partial charge in [-0.05, 0) is 0 Å². The van der Waals surface area contributed by atoms with E-state index in [4.69, 9.17) is 10.5 Å². The van der Waals surface area contributed by atoms with Gasteiger partial charge in [-0.15, -0.1) is 0 Å². The van der Waals surface area contributed by atoms with Crippen molar-refractivity contribution in [3.63, 3.8) is 0 Å². The van der Waals surface area contributed by atoms with E-state index in [1.165, 1.54) is 0 Å². The number of nitrogens with two attached hydrogens (primary N) is 1. The molecule has 2 saturated heterocycles. The molecule has 2 fully saturated rings. The number of nitrogen functional groups attached to an aromatic ring is 1. The smallest absolute Gasteiger partial charge is 0.223 e. The van der Waals surface area contributed by atoms with Crippen molar-refractivity contribution in [3.05, 3.63) is 6.07 Å². The first-order valence-electron chi connectivity index (χ1n) is 6.65. The Balaban J connectivity index is 1.65. The monoisotopic (exact) mass is 264 g/mol. The van der Waals surface area contributed by atoms with E-state index in [9.17, 15) is 0 Å². The molecule has 0 saturated carbocycles. The van der Waals surface area contributed by atoms with Crippen molar-refractivity contribution in [2.24, 2.45) is 0 Å². The Hall–Kier alpha value is -1.60. The van der Waals surface area contributed by atoms with Crippen LogP contribution in [-0.2, 0) is 4.74 Å². The number of hydrogen-bond acceptors (Lipinski definition) is 7. The van der Waals surface area contributed by atoms with E-state index in [0.29, 0.717) is 12.0 Å². The summed E-state index contributed by atoms with van der Waals surface area (Å²) in [5, 5.41) is 3.01. The highest BCUT2D eigenvalue weighted by Crippen LogP contribution is 2.20. The van der Waals surface area contributed by atoms with E-state index < -0.39 is 0 Å². The molecule has 0 aromatic carbocycles. The zero-order chi connectivity index (χ0) is 13.2. The van der Waals surface area contributed by atoms with Gasteiger partial charge in [0, 0.05) is 39.3 Å². The molecule has 3 N–H and O–H groups in total. The Kier molecular flexibility index (Phi) is 3.39. The zero-order valence-electron chi connectivity index (χ0n) is 11.2. The van der Waals surface area contributed by atoms with Crippen molar-refractivity contribution >= 4 is 17.6 Å². The van der Waals surface area contributed by atoms with Gasteiger partial charge in [0.25, 0.3) is 0 Å². The lowest BCUT2D eigenvalue weighted by atomic mass is 10.2. The molecule has 0 aliphatic carbocycles. The Morgan fingerprint density at radius 3 is 2.58 bits per heavy atom. The van der Waals surface area contributed by atoms with E-state index in [1.54, 1.807) is 0 Å². The highest BCUT2D eigenvalue weighted by Gasteiger charge is 2.29. The first kappa shape index (κ1) is 12.4. The summed E-state index contributed by atoms with van der Waals surface area (Å²) in [6, 6.07) is 2.56. The predicted molar refractivity (Wildman–Crippen MR) is 74.4 cm³/mol. The Morgan fingerprint density at radius 1 is 1.26 bits per heavy atom. The van der Waals surface area contributed by atoms with Crippen LogP contribution in [-0.4, -0.2) is 67.4 Å². The highest BCUT2D eigenvalue weighted by molar-refractivity contribution is 5.52. The SMILES string of the molecule is CNc1cc(N2CCN(C3COC3)CC2)nc(N)n1. The third-order valence-corrected chi connectivity index (χ3v) is 3.76. The summed E-state index contributed by atoms with van der Waals surface area (Å²) < 4.78 is 5.24. The van der Waals surface area contributed by atoms with Crippen LogP contribution in [0.25, 0.3) is 0 Å². The van der Waals surface area contributed by atoms with Crippen LogP contribution >= 0.6 is 0 Å². The van der Waals surface area contributed by atoms with Crippen LogP contribution in [0.5, 0.6) is 0 Å². The van der Waals surface area contributed by atoms with Gasteiger partial charge < -0.3 is 20.7 Å². The molecule has 2 aliphatic rings. The van der Waals surface area contributed by atoms with E-state index in [2.05, 4.69) is 25.1 Å². The quantitative estimate of drug-likeness (QED) is 0.770. The molecular weight excluding hydrogens is 244 g/mol. The number of anilines is 3. The summed E-state index contributed by atoms with van der Waals surface area (Å²) in [6.07, 6.45) is 0. The molecular formula is C12H20N6O. The lowest BCUT2D eigenvalue weighted by Crippen LogP contribution is -2.56. The van der Waals surface area contributed by atoms with Crippen LogP contribution in [0.2, 0.25) is 0 Å². The van der Waals surface area contributed by atoms with Gasteiger partial charge in [0.2, 0.25) is 5.95 Å². The summed E-state index contributed by atoms with van der Waals surface area (Å²) >= 11 is 0. The van der Waals surface area contributed by atoms with Crippen LogP contribution < -0.4 is 16.0 Å². The molecule has 0 unspecified atom stereocenters. The van der Waals surface area contributed by atoms with Gasteiger partial charge in [-0.3, -0.25) is 4.90 Å². The van der Waals surface area contributed by atoms with Gasteiger partial charge in [-0.2, -0.15) is 9.97 Å². The number of aromatic nitrogens is 2. The fourth-order valence-corrected chi connectivity index (χ4v) is 2.49. The van der Waals surface area contributed by atoms with Crippen molar-refractivity contribution in [3.8, 4) is 0 Å². The fourth-order valence-electron chi connectivity index (χ4n) is 2.49. The molecule has 0 amide bonds. The largest absolute Gasteiger partial charge is 0.378 e. The van der Waals surface area contributed by atoms with Crippen molar-refractivity contribution in [2.75, 3.05) is 62.4 Å². The maximum atomic E-state index is 5.73. The van der Waals surface area contributed by atoms with Crippen LogP contribution in [0.3, 0.4) is 0 Å². The van der Waals surface area contributed by atoms with Crippen molar-refractivity contribution in [1.29, 1.82) is 0 Å². The highest BCUT2D eigenvalue weighted by atomic mass is 16.5. The van der Waals surface area contributed by atoms with Gasteiger partial charge in [0.05, 0.1) is 19.3 Å². The zero-order valence-corrected chi connectivity index (χ0v) is 11.2. The number of ether oxygens (including phenoxy) is 1. The molecule has 7 nitrogen and oxygen atoms in total. The first-order valence-corrected chi connectivity index (χ1v) is 6.65. The summed E-state index contributed by atoms with van der Waals surface area (Å²) in [5.74, 6) is 1.98. The second-order valence-electron chi connectivity index (χ2n) is 4.93. The van der Waals surface area contributed by atoms with E-state index in [1.807, 2.05) is 13.1 Å².